The SMILES string of the molecule is CCN(I)C1CCOCC1. The van der Waals surface area contributed by atoms with Gasteiger partial charge < -0.3 is 4.74 Å². The minimum Gasteiger partial charge on any atom is -0.381 e. The fourth-order valence-corrected chi connectivity index (χ4v) is 1.78. The maximum atomic E-state index is 5.26. The Kier molecular flexibility index (Phi) is 3.95. The first kappa shape index (κ1) is 8.74. The third kappa shape index (κ3) is 2.36. The van der Waals surface area contributed by atoms with Gasteiger partial charge in [0, 0.05) is 48.7 Å². The van der Waals surface area contributed by atoms with Crippen molar-refractivity contribution in [2.45, 2.75) is 25.8 Å². The highest BCUT2D eigenvalue weighted by molar-refractivity contribution is 14.1. The topological polar surface area (TPSA) is 12.5 Å². The summed E-state index contributed by atoms with van der Waals surface area (Å²) in [6.45, 7) is 5.24. The molecule has 1 rings (SSSR count). The fourth-order valence-electron chi connectivity index (χ4n) is 1.22. The smallest absolute Gasteiger partial charge is 0.0481 e. The summed E-state index contributed by atoms with van der Waals surface area (Å²) in [6.07, 6.45) is 2.41. The van der Waals surface area contributed by atoms with Crippen LogP contribution in [0.4, 0.5) is 0 Å². The zero-order valence-electron chi connectivity index (χ0n) is 6.35. The molecule has 60 valence electrons. The van der Waals surface area contributed by atoms with Gasteiger partial charge in [0.15, 0.2) is 0 Å². The molecule has 10 heavy (non-hydrogen) atoms. The third-order valence-electron chi connectivity index (χ3n) is 1.89. The molecular formula is C7H14INO. The molecule has 1 aliphatic rings. The van der Waals surface area contributed by atoms with Crippen LogP contribution in [0.25, 0.3) is 0 Å². The lowest BCUT2D eigenvalue weighted by Crippen LogP contribution is -2.32. The first-order valence-electron chi connectivity index (χ1n) is 3.84. The van der Waals surface area contributed by atoms with Crippen LogP contribution in [0, 0.1) is 0 Å². The molecule has 0 aromatic rings. The van der Waals surface area contributed by atoms with Gasteiger partial charge in [-0.1, -0.05) is 6.92 Å². The first-order valence-corrected chi connectivity index (χ1v) is 4.81. The van der Waals surface area contributed by atoms with E-state index < -0.39 is 0 Å². The molecule has 0 atom stereocenters. The van der Waals surface area contributed by atoms with E-state index in [1.165, 1.54) is 12.8 Å². The summed E-state index contributed by atoms with van der Waals surface area (Å²) in [5.74, 6) is 0. The molecule has 0 radical (unpaired) electrons. The Morgan fingerprint density at radius 2 is 2.10 bits per heavy atom. The number of nitrogens with zero attached hydrogens (tertiary/aromatic N) is 1. The normalized spacial score (nSPS) is 21.9. The average molecular weight is 255 g/mol. The zero-order chi connectivity index (χ0) is 7.40. The van der Waals surface area contributed by atoms with Crippen molar-refractivity contribution >= 4 is 22.9 Å². The van der Waals surface area contributed by atoms with Crippen LogP contribution < -0.4 is 0 Å². The minimum atomic E-state index is 0.763. The predicted octanol–water partition coefficient (Wildman–Crippen LogP) is 1.84. The summed E-state index contributed by atoms with van der Waals surface area (Å²) in [5.41, 5.74) is 0. The van der Waals surface area contributed by atoms with Gasteiger partial charge in [0.1, 0.15) is 0 Å². The van der Waals surface area contributed by atoms with Gasteiger partial charge in [-0.3, -0.25) is 0 Å². The summed E-state index contributed by atoms with van der Waals surface area (Å²) in [7, 11) is 0. The number of ether oxygens (including phenoxy) is 1. The molecule has 0 saturated carbocycles. The number of halogens is 1. The van der Waals surface area contributed by atoms with E-state index in [2.05, 4.69) is 32.9 Å². The van der Waals surface area contributed by atoms with Crippen LogP contribution in [-0.2, 0) is 4.74 Å². The summed E-state index contributed by atoms with van der Waals surface area (Å²) >= 11 is 2.40. The van der Waals surface area contributed by atoms with Crippen molar-refractivity contribution in [2.75, 3.05) is 19.8 Å². The quantitative estimate of drug-likeness (QED) is 0.551. The Balaban J connectivity index is 2.24. The van der Waals surface area contributed by atoms with Crippen LogP contribution >= 0.6 is 22.9 Å². The van der Waals surface area contributed by atoms with Crippen LogP contribution in [0.15, 0.2) is 0 Å². The lowest BCUT2D eigenvalue weighted by molar-refractivity contribution is 0.0654. The summed E-state index contributed by atoms with van der Waals surface area (Å²) in [5, 5.41) is 0. The molecule has 0 spiro atoms. The highest BCUT2D eigenvalue weighted by Crippen LogP contribution is 2.17. The molecule has 1 fully saturated rings. The van der Waals surface area contributed by atoms with Gasteiger partial charge >= 0.3 is 0 Å². The van der Waals surface area contributed by atoms with E-state index >= 15 is 0 Å². The molecule has 0 unspecified atom stereocenters. The van der Waals surface area contributed by atoms with Gasteiger partial charge in [-0.25, -0.2) is 3.11 Å². The Morgan fingerprint density at radius 1 is 1.50 bits per heavy atom. The Morgan fingerprint density at radius 3 is 2.60 bits per heavy atom. The lowest BCUT2D eigenvalue weighted by atomic mass is 10.1. The van der Waals surface area contributed by atoms with Gasteiger partial charge in [-0.05, 0) is 12.8 Å². The average Bonchev–Trinajstić information content (AvgIpc) is 2.05. The molecule has 0 aliphatic carbocycles. The van der Waals surface area contributed by atoms with Crippen LogP contribution in [0.5, 0.6) is 0 Å². The van der Waals surface area contributed by atoms with Crippen LogP contribution in [0.3, 0.4) is 0 Å². The fraction of sp³-hybridized carbons (Fsp3) is 1.00. The molecular weight excluding hydrogens is 241 g/mol. The zero-order valence-corrected chi connectivity index (χ0v) is 8.50. The molecule has 0 bridgehead atoms. The van der Waals surface area contributed by atoms with Crippen molar-refractivity contribution in [1.29, 1.82) is 0 Å². The van der Waals surface area contributed by atoms with Crippen molar-refractivity contribution in [3.63, 3.8) is 0 Å². The van der Waals surface area contributed by atoms with Gasteiger partial charge in [0.05, 0.1) is 0 Å². The van der Waals surface area contributed by atoms with Gasteiger partial charge in [-0.15, -0.1) is 0 Å². The van der Waals surface area contributed by atoms with Crippen LogP contribution in [-0.4, -0.2) is 28.9 Å². The second-order valence-corrected chi connectivity index (χ2v) is 3.80. The maximum Gasteiger partial charge on any atom is 0.0481 e. The van der Waals surface area contributed by atoms with E-state index in [1.54, 1.807) is 0 Å². The Labute approximate surface area is 76.4 Å². The summed E-state index contributed by atoms with van der Waals surface area (Å²) < 4.78 is 7.64. The molecule has 3 heteroatoms. The number of rotatable bonds is 2. The van der Waals surface area contributed by atoms with E-state index in [1.807, 2.05) is 0 Å². The van der Waals surface area contributed by atoms with E-state index in [0.717, 1.165) is 25.8 Å². The van der Waals surface area contributed by atoms with E-state index in [0.29, 0.717) is 0 Å². The van der Waals surface area contributed by atoms with Gasteiger partial charge in [0.25, 0.3) is 0 Å². The van der Waals surface area contributed by atoms with Crippen molar-refractivity contribution in [3.8, 4) is 0 Å². The molecule has 1 saturated heterocycles. The third-order valence-corrected chi connectivity index (χ3v) is 3.36. The molecule has 1 heterocycles. The van der Waals surface area contributed by atoms with Crippen molar-refractivity contribution in [3.05, 3.63) is 0 Å². The predicted molar refractivity (Wildman–Crippen MR) is 50.2 cm³/mol. The lowest BCUT2D eigenvalue weighted by Gasteiger charge is -2.28. The molecule has 1 aliphatic heterocycles. The highest BCUT2D eigenvalue weighted by atomic mass is 127. The monoisotopic (exact) mass is 255 g/mol. The standard InChI is InChI=1S/C7H14INO/c1-2-9(8)7-3-5-10-6-4-7/h7H,2-6H2,1H3. The van der Waals surface area contributed by atoms with E-state index in [4.69, 9.17) is 4.74 Å². The molecule has 0 aromatic heterocycles. The minimum absolute atomic E-state index is 0.763. The second-order valence-electron chi connectivity index (χ2n) is 2.56. The molecule has 0 N–H and O–H groups in total. The van der Waals surface area contributed by atoms with Crippen molar-refractivity contribution < 1.29 is 4.74 Å². The second kappa shape index (κ2) is 4.51. The van der Waals surface area contributed by atoms with Crippen LogP contribution in [0.1, 0.15) is 19.8 Å². The molecule has 2 nitrogen and oxygen atoms in total. The molecule has 0 aromatic carbocycles. The summed E-state index contributed by atoms with van der Waals surface area (Å²) in [4.78, 5) is 0. The van der Waals surface area contributed by atoms with Crippen LogP contribution in [0.2, 0.25) is 0 Å². The number of hydrogen-bond donors (Lipinski definition) is 0. The van der Waals surface area contributed by atoms with E-state index in [9.17, 15) is 0 Å². The number of hydrogen-bond acceptors (Lipinski definition) is 2. The maximum absolute atomic E-state index is 5.26. The largest absolute Gasteiger partial charge is 0.381 e. The highest BCUT2D eigenvalue weighted by Gasteiger charge is 2.17. The van der Waals surface area contributed by atoms with Crippen molar-refractivity contribution in [2.24, 2.45) is 0 Å². The Hall–Kier alpha value is 0.650. The molecule has 0 amide bonds. The van der Waals surface area contributed by atoms with Crippen molar-refractivity contribution in [1.82, 2.24) is 3.11 Å². The van der Waals surface area contributed by atoms with Gasteiger partial charge in [-0.2, -0.15) is 0 Å². The Bertz CT molecular complexity index is 93.6. The summed E-state index contributed by atoms with van der Waals surface area (Å²) in [6, 6.07) is 0.763. The van der Waals surface area contributed by atoms with Gasteiger partial charge in [0.2, 0.25) is 0 Å². The van der Waals surface area contributed by atoms with E-state index in [-0.39, 0.29) is 0 Å². The first-order chi connectivity index (χ1) is 4.84.